The lowest BCUT2D eigenvalue weighted by Crippen LogP contribution is -2.10. The Kier molecular flexibility index (Phi) is 3.06. The SMILES string of the molecule is O=C(O)c1nc(F)cc([N+](=O)[O-])c1C(F)F. The fourth-order valence-corrected chi connectivity index (χ4v) is 1.04. The van der Waals surface area contributed by atoms with Crippen LogP contribution in [0.1, 0.15) is 22.5 Å². The number of carboxylic acids is 1. The largest absolute Gasteiger partial charge is 0.476 e. The van der Waals surface area contributed by atoms with E-state index >= 15 is 0 Å². The number of hydrogen-bond donors (Lipinski definition) is 1. The van der Waals surface area contributed by atoms with Gasteiger partial charge in [-0.3, -0.25) is 10.1 Å². The zero-order valence-corrected chi connectivity index (χ0v) is 7.35. The third-order valence-corrected chi connectivity index (χ3v) is 1.62. The van der Waals surface area contributed by atoms with Crippen LogP contribution in [0.2, 0.25) is 0 Å². The van der Waals surface area contributed by atoms with Crippen molar-refractivity contribution in [1.82, 2.24) is 4.98 Å². The summed E-state index contributed by atoms with van der Waals surface area (Å²) in [4.78, 5) is 22.2. The van der Waals surface area contributed by atoms with E-state index < -0.39 is 40.2 Å². The van der Waals surface area contributed by atoms with Crippen molar-refractivity contribution in [3.63, 3.8) is 0 Å². The number of halogens is 3. The number of alkyl halides is 2. The highest BCUT2D eigenvalue weighted by atomic mass is 19.3. The van der Waals surface area contributed by atoms with Gasteiger partial charge in [0.05, 0.1) is 11.0 Å². The predicted octanol–water partition coefficient (Wildman–Crippen LogP) is 1.76. The number of rotatable bonds is 3. The summed E-state index contributed by atoms with van der Waals surface area (Å²) in [6.07, 6.45) is -3.43. The summed E-state index contributed by atoms with van der Waals surface area (Å²) in [5, 5.41) is 18.8. The minimum Gasteiger partial charge on any atom is -0.476 e. The van der Waals surface area contributed by atoms with E-state index in [1.807, 2.05) is 0 Å². The molecule has 0 amide bonds. The lowest BCUT2D eigenvalue weighted by molar-refractivity contribution is -0.386. The van der Waals surface area contributed by atoms with Crippen LogP contribution in [0.25, 0.3) is 0 Å². The molecule has 1 aromatic heterocycles. The molecule has 1 N–H and O–H groups in total. The van der Waals surface area contributed by atoms with Gasteiger partial charge in [-0.05, 0) is 0 Å². The molecule has 0 bridgehead atoms. The minimum absolute atomic E-state index is 0.147. The molecule has 6 nitrogen and oxygen atoms in total. The molecule has 9 heteroatoms. The Morgan fingerprint density at radius 2 is 2.12 bits per heavy atom. The maximum absolute atomic E-state index is 12.7. The number of aromatic nitrogens is 1. The molecule has 0 aliphatic carbocycles. The van der Waals surface area contributed by atoms with Crippen LogP contribution in [-0.2, 0) is 0 Å². The molecule has 1 heterocycles. The predicted molar refractivity (Wildman–Crippen MR) is 42.8 cm³/mol. The van der Waals surface area contributed by atoms with E-state index in [0.717, 1.165) is 0 Å². The van der Waals surface area contributed by atoms with Crippen molar-refractivity contribution < 1.29 is 28.0 Å². The van der Waals surface area contributed by atoms with E-state index in [4.69, 9.17) is 5.11 Å². The molecule has 0 radical (unpaired) electrons. The van der Waals surface area contributed by atoms with Gasteiger partial charge in [-0.2, -0.15) is 4.39 Å². The van der Waals surface area contributed by atoms with Crippen LogP contribution in [-0.4, -0.2) is 21.0 Å². The van der Waals surface area contributed by atoms with Gasteiger partial charge in [0.1, 0.15) is 5.56 Å². The number of pyridine rings is 1. The molecular formula is C7H3F3N2O4. The number of carbonyl (C=O) groups is 1. The second-order valence-corrected chi connectivity index (χ2v) is 2.59. The van der Waals surface area contributed by atoms with Crippen LogP contribution in [0.15, 0.2) is 6.07 Å². The van der Waals surface area contributed by atoms with Crippen LogP contribution in [0.5, 0.6) is 0 Å². The lowest BCUT2D eigenvalue weighted by Gasteiger charge is -2.04. The first-order valence-corrected chi connectivity index (χ1v) is 3.71. The molecular weight excluding hydrogens is 233 g/mol. The summed E-state index contributed by atoms with van der Waals surface area (Å²) in [6, 6.07) is 0.147. The molecule has 1 aromatic rings. The summed E-state index contributed by atoms with van der Waals surface area (Å²) in [5.74, 6) is -3.47. The zero-order valence-electron chi connectivity index (χ0n) is 7.35. The van der Waals surface area contributed by atoms with Crippen molar-refractivity contribution in [1.29, 1.82) is 0 Å². The summed E-state index contributed by atoms with van der Waals surface area (Å²) in [7, 11) is 0. The third kappa shape index (κ3) is 2.07. The minimum atomic E-state index is -3.43. The monoisotopic (exact) mass is 236 g/mol. The first-order valence-electron chi connectivity index (χ1n) is 3.71. The highest BCUT2D eigenvalue weighted by Crippen LogP contribution is 2.31. The fourth-order valence-electron chi connectivity index (χ4n) is 1.04. The Morgan fingerprint density at radius 1 is 1.56 bits per heavy atom. The van der Waals surface area contributed by atoms with Gasteiger partial charge in [-0.15, -0.1) is 0 Å². The molecule has 0 aromatic carbocycles. The standard InChI is InChI=1S/C7H3F3N2O4/c8-3-1-2(12(15)16)4(6(9)10)5(11-3)7(13)14/h1,6H,(H,13,14). The molecule has 0 unspecified atom stereocenters. The quantitative estimate of drug-likeness (QED) is 0.490. The number of carboxylic acid groups (broad SMARTS) is 1. The van der Waals surface area contributed by atoms with Crippen LogP contribution in [0.3, 0.4) is 0 Å². The van der Waals surface area contributed by atoms with E-state index in [-0.39, 0.29) is 6.07 Å². The van der Waals surface area contributed by atoms with Gasteiger partial charge < -0.3 is 5.11 Å². The van der Waals surface area contributed by atoms with Gasteiger partial charge in [-0.1, -0.05) is 0 Å². The van der Waals surface area contributed by atoms with Gasteiger partial charge in [0.25, 0.3) is 12.1 Å². The maximum Gasteiger partial charge on any atom is 0.355 e. The van der Waals surface area contributed by atoms with Gasteiger partial charge in [0, 0.05) is 0 Å². The van der Waals surface area contributed by atoms with Crippen molar-refractivity contribution >= 4 is 11.7 Å². The van der Waals surface area contributed by atoms with E-state index in [0.29, 0.717) is 0 Å². The van der Waals surface area contributed by atoms with Crippen molar-refractivity contribution in [3.8, 4) is 0 Å². The average molecular weight is 236 g/mol. The van der Waals surface area contributed by atoms with Gasteiger partial charge in [0.15, 0.2) is 5.69 Å². The second-order valence-electron chi connectivity index (χ2n) is 2.59. The Hall–Kier alpha value is -2.19. The van der Waals surface area contributed by atoms with Crippen molar-refractivity contribution in [2.75, 3.05) is 0 Å². The highest BCUT2D eigenvalue weighted by Gasteiger charge is 2.31. The molecule has 1 rings (SSSR count). The van der Waals surface area contributed by atoms with Gasteiger partial charge in [-0.25, -0.2) is 18.6 Å². The summed E-state index contributed by atoms with van der Waals surface area (Å²) < 4.78 is 37.5. The molecule has 0 saturated carbocycles. The van der Waals surface area contributed by atoms with Crippen LogP contribution in [0, 0.1) is 16.1 Å². The number of aromatic carboxylic acids is 1. The van der Waals surface area contributed by atoms with Crippen LogP contribution in [0.4, 0.5) is 18.9 Å². The van der Waals surface area contributed by atoms with E-state index in [2.05, 4.69) is 4.98 Å². The normalized spacial score (nSPS) is 10.5. The molecule has 0 spiro atoms. The van der Waals surface area contributed by atoms with E-state index in [1.165, 1.54) is 0 Å². The molecule has 16 heavy (non-hydrogen) atoms. The van der Waals surface area contributed by atoms with Crippen molar-refractivity contribution in [3.05, 3.63) is 33.4 Å². The van der Waals surface area contributed by atoms with Crippen LogP contribution < -0.4 is 0 Å². The first kappa shape index (κ1) is 11.9. The fraction of sp³-hybridized carbons (Fsp3) is 0.143. The summed E-state index contributed by atoms with van der Waals surface area (Å²) in [6.45, 7) is 0. The Bertz CT molecular complexity index is 428. The Labute approximate surface area is 85.5 Å². The zero-order chi connectivity index (χ0) is 12.5. The molecule has 0 saturated heterocycles. The van der Waals surface area contributed by atoms with Crippen LogP contribution >= 0.6 is 0 Å². The lowest BCUT2D eigenvalue weighted by atomic mass is 10.1. The van der Waals surface area contributed by atoms with Crippen molar-refractivity contribution in [2.24, 2.45) is 0 Å². The molecule has 0 aliphatic rings. The molecule has 0 atom stereocenters. The molecule has 0 fully saturated rings. The van der Waals surface area contributed by atoms with Crippen molar-refractivity contribution in [2.45, 2.75) is 6.43 Å². The maximum atomic E-state index is 12.7. The second kappa shape index (κ2) is 4.13. The number of hydrogen-bond acceptors (Lipinski definition) is 4. The van der Waals surface area contributed by atoms with E-state index in [1.54, 1.807) is 0 Å². The summed E-state index contributed by atoms with van der Waals surface area (Å²) >= 11 is 0. The number of nitro groups is 1. The summed E-state index contributed by atoms with van der Waals surface area (Å²) in [5.41, 5.74) is -4.07. The Balaban J connectivity index is 3.60. The third-order valence-electron chi connectivity index (χ3n) is 1.62. The highest BCUT2D eigenvalue weighted by molar-refractivity contribution is 5.88. The van der Waals surface area contributed by atoms with E-state index in [9.17, 15) is 28.1 Å². The average Bonchev–Trinajstić information content (AvgIpc) is 2.15. The first-order chi connectivity index (χ1) is 7.34. The van der Waals surface area contributed by atoms with Gasteiger partial charge in [0.2, 0.25) is 5.95 Å². The molecule has 0 aliphatic heterocycles. The smallest absolute Gasteiger partial charge is 0.355 e. The number of nitrogens with zero attached hydrogens (tertiary/aromatic N) is 2. The Morgan fingerprint density at radius 3 is 2.50 bits per heavy atom. The topological polar surface area (TPSA) is 93.3 Å². The molecule has 86 valence electrons. The van der Waals surface area contributed by atoms with Gasteiger partial charge >= 0.3 is 5.97 Å².